The molecule has 5 rings (SSSR count). The minimum absolute atomic E-state index is 0.000510. The molecule has 0 bridgehead atoms. The van der Waals surface area contributed by atoms with E-state index in [-0.39, 0.29) is 23.4 Å². The molecule has 0 spiro atoms. The second-order valence-electron chi connectivity index (χ2n) is 10.2. The zero-order chi connectivity index (χ0) is 34.4. The number of nitro benzene ring substituents is 1. The van der Waals surface area contributed by atoms with Crippen LogP contribution in [-0.4, -0.2) is 42.4 Å². The fraction of sp³-hybridized carbons (Fsp3) is 0.265. The molecule has 1 aliphatic rings. The van der Waals surface area contributed by atoms with Gasteiger partial charge in [0.15, 0.2) is 27.8 Å². The molecular weight excluding hydrogens is 753 g/mol. The van der Waals surface area contributed by atoms with E-state index in [1.165, 1.54) is 41.3 Å². The predicted octanol–water partition coefficient (Wildman–Crippen LogP) is 5.31. The van der Waals surface area contributed by atoms with Crippen LogP contribution in [0.3, 0.4) is 0 Å². The topological polar surface area (TPSA) is 141 Å². The first-order chi connectivity index (χ1) is 23.2. The number of esters is 1. The van der Waals surface area contributed by atoms with E-state index in [0.717, 1.165) is 9.13 Å². The first-order valence-electron chi connectivity index (χ1n) is 15.0. The maximum absolute atomic E-state index is 14.1. The second kappa shape index (κ2) is 15.5. The Morgan fingerprint density at radius 2 is 1.67 bits per heavy atom. The fourth-order valence-electron chi connectivity index (χ4n) is 5.08. The van der Waals surface area contributed by atoms with E-state index >= 15 is 0 Å². The first-order valence-corrected chi connectivity index (χ1v) is 16.9. The van der Waals surface area contributed by atoms with Crippen molar-refractivity contribution < 1.29 is 33.4 Å². The number of benzene rings is 3. The van der Waals surface area contributed by atoms with Crippen molar-refractivity contribution in [1.29, 1.82) is 0 Å². The van der Waals surface area contributed by atoms with Crippen molar-refractivity contribution >= 4 is 51.7 Å². The summed E-state index contributed by atoms with van der Waals surface area (Å²) in [4.78, 5) is 42.4. The number of nitro groups is 1. The predicted molar refractivity (Wildman–Crippen MR) is 188 cm³/mol. The van der Waals surface area contributed by atoms with Gasteiger partial charge in [0.25, 0.3) is 11.2 Å². The number of nitrogens with zero attached hydrogens (tertiary/aromatic N) is 3. The van der Waals surface area contributed by atoms with E-state index < -0.39 is 16.9 Å². The highest BCUT2D eigenvalue weighted by atomic mass is 127. The minimum Gasteiger partial charge on any atom is -0.490 e. The molecule has 0 fully saturated rings. The monoisotopic (exact) mass is 785 g/mol. The number of fused-ring (bicyclic) bond motifs is 1. The Labute approximate surface area is 293 Å². The van der Waals surface area contributed by atoms with E-state index in [0.29, 0.717) is 63.3 Å². The van der Waals surface area contributed by atoms with Gasteiger partial charge in [-0.2, -0.15) is 0 Å². The normalized spacial score (nSPS) is 14.0. The molecule has 0 saturated carbocycles. The van der Waals surface area contributed by atoms with Crippen LogP contribution in [0, 0.1) is 13.7 Å². The van der Waals surface area contributed by atoms with E-state index in [2.05, 4.69) is 27.6 Å². The molecule has 48 heavy (non-hydrogen) atoms. The van der Waals surface area contributed by atoms with E-state index in [9.17, 15) is 19.7 Å². The van der Waals surface area contributed by atoms with Crippen LogP contribution in [0.15, 0.2) is 76.2 Å². The molecule has 4 aromatic rings. The highest BCUT2D eigenvalue weighted by Gasteiger charge is 2.31. The number of methoxy groups -OCH3 is 1. The lowest BCUT2D eigenvalue weighted by Gasteiger charge is -2.23. The average molecular weight is 786 g/mol. The molecule has 0 saturated heterocycles. The van der Waals surface area contributed by atoms with Gasteiger partial charge in [-0.15, -0.1) is 0 Å². The van der Waals surface area contributed by atoms with Crippen LogP contribution in [0.5, 0.6) is 23.0 Å². The van der Waals surface area contributed by atoms with Crippen LogP contribution in [0.2, 0.25) is 0 Å². The van der Waals surface area contributed by atoms with Gasteiger partial charge in [0.1, 0.15) is 6.61 Å². The lowest BCUT2D eigenvalue weighted by atomic mass is 9.97. The van der Waals surface area contributed by atoms with E-state index in [1.807, 2.05) is 26.8 Å². The Balaban J connectivity index is 1.54. The summed E-state index contributed by atoms with van der Waals surface area (Å²) in [5.41, 5.74) is 1.94. The van der Waals surface area contributed by atoms with Gasteiger partial charge in [0, 0.05) is 18.3 Å². The molecule has 12 nitrogen and oxygen atoms in total. The quantitative estimate of drug-likeness (QED) is 0.0764. The summed E-state index contributed by atoms with van der Waals surface area (Å²) >= 11 is 3.34. The van der Waals surface area contributed by atoms with E-state index in [1.54, 1.807) is 42.5 Å². The molecule has 0 unspecified atom stereocenters. The second-order valence-corrected chi connectivity index (χ2v) is 12.4. The van der Waals surface area contributed by atoms with Crippen LogP contribution in [0.25, 0.3) is 6.08 Å². The van der Waals surface area contributed by atoms with Crippen molar-refractivity contribution in [3.05, 3.63) is 116 Å². The first kappa shape index (κ1) is 34.6. The zero-order valence-corrected chi connectivity index (χ0v) is 29.5. The van der Waals surface area contributed by atoms with Crippen molar-refractivity contribution in [1.82, 2.24) is 4.57 Å². The van der Waals surface area contributed by atoms with Gasteiger partial charge in [0.2, 0.25) is 0 Å². The van der Waals surface area contributed by atoms with Crippen molar-refractivity contribution in [3.8, 4) is 23.0 Å². The maximum atomic E-state index is 14.1. The molecule has 2 heterocycles. The molecule has 1 atom stereocenters. The van der Waals surface area contributed by atoms with Crippen molar-refractivity contribution in [2.24, 2.45) is 4.99 Å². The van der Waals surface area contributed by atoms with Gasteiger partial charge in [-0.3, -0.25) is 19.5 Å². The van der Waals surface area contributed by atoms with Crippen molar-refractivity contribution in [2.45, 2.75) is 33.4 Å². The third kappa shape index (κ3) is 7.39. The molecule has 1 aliphatic heterocycles. The van der Waals surface area contributed by atoms with Crippen LogP contribution in [-0.2, 0) is 16.1 Å². The van der Waals surface area contributed by atoms with Crippen LogP contribution in [0.4, 0.5) is 5.69 Å². The highest BCUT2D eigenvalue weighted by Crippen LogP contribution is 2.36. The number of thiazole rings is 1. The third-order valence-electron chi connectivity index (χ3n) is 7.17. The Morgan fingerprint density at radius 1 is 0.979 bits per heavy atom. The maximum Gasteiger partial charge on any atom is 0.337 e. The van der Waals surface area contributed by atoms with E-state index in [4.69, 9.17) is 23.7 Å². The number of rotatable bonds is 13. The summed E-state index contributed by atoms with van der Waals surface area (Å²) in [5.74, 6) is 1.44. The summed E-state index contributed by atoms with van der Waals surface area (Å²) in [5, 5.41) is 11.0. The van der Waals surface area contributed by atoms with Crippen molar-refractivity contribution in [3.63, 3.8) is 0 Å². The number of carbonyl (C=O) groups is 1. The summed E-state index contributed by atoms with van der Waals surface area (Å²) in [6.45, 7) is 6.98. The SMILES string of the molecule is CCOc1ccc([C@H]2C(C(=O)OC)=CN=c3s/c(=C/c4cc(I)c(OCc5ccc([N+](=O)[O-])cc5)c(OCC)c4)c(=O)n32)cc1OCC. The van der Waals surface area contributed by atoms with Crippen LogP contribution >= 0.6 is 33.9 Å². The van der Waals surface area contributed by atoms with Gasteiger partial charge in [-0.05, 0) is 103 Å². The molecule has 0 aliphatic carbocycles. The molecule has 250 valence electrons. The van der Waals surface area contributed by atoms with Gasteiger partial charge in [0.05, 0.1) is 51.6 Å². The Hall–Kier alpha value is -4.70. The molecule has 1 aromatic heterocycles. The summed E-state index contributed by atoms with van der Waals surface area (Å²) in [6, 6.07) is 14.3. The van der Waals surface area contributed by atoms with Gasteiger partial charge in [-0.1, -0.05) is 17.4 Å². The third-order valence-corrected chi connectivity index (χ3v) is 8.97. The summed E-state index contributed by atoms with van der Waals surface area (Å²) in [6.07, 6.45) is 3.19. The number of carbonyl (C=O) groups excluding carboxylic acids is 1. The number of hydrogen-bond donors (Lipinski definition) is 0. The molecule has 0 N–H and O–H groups in total. The van der Waals surface area contributed by atoms with Crippen LogP contribution < -0.4 is 33.8 Å². The molecular formula is C34H32IN3O9S. The molecule has 0 amide bonds. The number of non-ortho nitro benzene ring substituents is 1. The summed E-state index contributed by atoms with van der Waals surface area (Å²) < 4.78 is 31.3. The Morgan fingerprint density at radius 3 is 2.33 bits per heavy atom. The standard InChI is InChI=1S/C34H32IN3O9S/c1-5-44-26-13-10-22(17-27(26)45-6-2)30-24(33(40)43-4)18-36-34-37(30)32(39)29(48-34)16-21-14-25(35)31(28(15-21)46-7-3)47-19-20-8-11-23(12-9-20)38(41)42/h8-18,30H,5-7,19H2,1-4H3/b29-16+/t30-/m0/s1. The van der Waals surface area contributed by atoms with Crippen molar-refractivity contribution in [2.75, 3.05) is 26.9 Å². The van der Waals surface area contributed by atoms with Crippen LogP contribution in [0.1, 0.15) is 43.5 Å². The number of hydrogen-bond acceptors (Lipinski definition) is 11. The lowest BCUT2D eigenvalue weighted by molar-refractivity contribution is -0.384. The Kier molecular flexibility index (Phi) is 11.2. The zero-order valence-electron chi connectivity index (χ0n) is 26.6. The highest BCUT2D eigenvalue weighted by molar-refractivity contribution is 14.1. The molecule has 14 heteroatoms. The summed E-state index contributed by atoms with van der Waals surface area (Å²) in [7, 11) is 1.28. The Bertz CT molecular complexity index is 2060. The largest absolute Gasteiger partial charge is 0.490 e. The molecule has 3 aromatic carbocycles. The van der Waals surface area contributed by atoms with Gasteiger partial charge >= 0.3 is 5.97 Å². The number of halogens is 1. The van der Waals surface area contributed by atoms with Gasteiger partial charge < -0.3 is 23.7 Å². The number of aromatic nitrogens is 1. The lowest BCUT2D eigenvalue weighted by Crippen LogP contribution is -2.39. The minimum atomic E-state index is -0.819. The number of ether oxygens (including phenoxy) is 5. The van der Waals surface area contributed by atoms with Gasteiger partial charge in [-0.25, -0.2) is 9.79 Å². The molecule has 0 radical (unpaired) electrons. The fourth-order valence-corrected chi connectivity index (χ4v) is 6.83. The smallest absolute Gasteiger partial charge is 0.337 e. The average Bonchev–Trinajstić information content (AvgIpc) is 3.39.